The highest BCUT2D eigenvalue weighted by Gasteiger charge is 2.33. The summed E-state index contributed by atoms with van der Waals surface area (Å²) in [5.74, 6) is -0.967. The number of hydrogen-bond donors (Lipinski definition) is 1. The summed E-state index contributed by atoms with van der Waals surface area (Å²) in [5, 5.41) is 3.01. The minimum Gasteiger partial charge on any atom is -0.494 e. The molecule has 3 aromatic rings. The van der Waals surface area contributed by atoms with Gasteiger partial charge in [-0.1, -0.05) is 48.7 Å². The second kappa shape index (κ2) is 13.8. The van der Waals surface area contributed by atoms with Crippen LogP contribution in [0.3, 0.4) is 0 Å². The van der Waals surface area contributed by atoms with Crippen molar-refractivity contribution >= 4 is 27.5 Å². The van der Waals surface area contributed by atoms with E-state index in [9.17, 15) is 22.4 Å². The predicted octanol–water partition coefficient (Wildman–Crippen LogP) is 5.20. The first kappa shape index (κ1) is 31.0. The smallest absolute Gasteiger partial charge is 0.264 e. The molecule has 0 heterocycles. The van der Waals surface area contributed by atoms with E-state index < -0.39 is 34.3 Å². The van der Waals surface area contributed by atoms with Gasteiger partial charge in [0.25, 0.3) is 10.0 Å². The second-order valence-corrected chi connectivity index (χ2v) is 12.4. The number of nitrogens with zero attached hydrogens (tertiary/aromatic N) is 2. The Kier molecular flexibility index (Phi) is 10.2. The van der Waals surface area contributed by atoms with Crippen molar-refractivity contribution < 1.29 is 27.1 Å². The highest BCUT2D eigenvalue weighted by Crippen LogP contribution is 2.27. The normalized spacial score (nSPS) is 14.3. The molecule has 42 heavy (non-hydrogen) atoms. The molecule has 0 spiro atoms. The van der Waals surface area contributed by atoms with Gasteiger partial charge in [-0.15, -0.1) is 0 Å². The third kappa shape index (κ3) is 7.47. The minimum absolute atomic E-state index is 0.0162. The Morgan fingerprint density at radius 3 is 2.26 bits per heavy atom. The Morgan fingerprint density at radius 2 is 1.64 bits per heavy atom. The molecule has 0 bridgehead atoms. The van der Waals surface area contributed by atoms with Gasteiger partial charge in [-0.05, 0) is 76.1 Å². The van der Waals surface area contributed by atoms with Gasteiger partial charge in [-0.25, -0.2) is 12.8 Å². The van der Waals surface area contributed by atoms with Crippen molar-refractivity contribution in [1.29, 1.82) is 0 Å². The lowest BCUT2D eigenvalue weighted by molar-refractivity contribution is -0.139. The fraction of sp³-hybridized carbons (Fsp3) is 0.375. The second-order valence-electron chi connectivity index (χ2n) is 10.5. The van der Waals surface area contributed by atoms with E-state index >= 15 is 0 Å². The highest BCUT2D eigenvalue weighted by molar-refractivity contribution is 7.92. The van der Waals surface area contributed by atoms with Crippen LogP contribution in [0, 0.1) is 12.7 Å². The van der Waals surface area contributed by atoms with Gasteiger partial charge >= 0.3 is 0 Å². The SMILES string of the molecule is CCOc1ccc(N(CC(=O)N(Cc2ccccc2F)[C@H](C)C(=O)NC2CCCC2)S(=O)(=O)c2ccc(C)cc2)cc1. The van der Waals surface area contributed by atoms with Crippen LogP contribution in [0.4, 0.5) is 10.1 Å². The number of ether oxygens (including phenoxy) is 1. The Hall–Kier alpha value is -3.92. The fourth-order valence-corrected chi connectivity index (χ4v) is 6.44. The van der Waals surface area contributed by atoms with Crippen LogP contribution in [0.15, 0.2) is 77.7 Å². The first-order valence-corrected chi connectivity index (χ1v) is 15.7. The molecule has 10 heteroatoms. The summed E-state index contributed by atoms with van der Waals surface area (Å²) in [7, 11) is -4.20. The number of carbonyl (C=O) groups excluding carboxylic acids is 2. The number of nitrogens with one attached hydrogen (secondary N) is 1. The monoisotopic (exact) mass is 595 g/mol. The summed E-state index contributed by atoms with van der Waals surface area (Å²) in [6.45, 7) is 4.91. The molecule has 1 aliphatic rings. The number of anilines is 1. The Morgan fingerprint density at radius 1 is 1.00 bits per heavy atom. The van der Waals surface area contributed by atoms with Crippen molar-refractivity contribution in [2.24, 2.45) is 0 Å². The number of amides is 2. The van der Waals surface area contributed by atoms with Crippen LogP contribution in [-0.4, -0.2) is 50.4 Å². The first-order valence-electron chi connectivity index (χ1n) is 14.3. The van der Waals surface area contributed by atoms with E-state index in [2.05, 4.69) is 5.32 Å². The number of sulfonamides is 1. The highest BCUT2D eigenvalue weighted by atomic mass is 32.2. The summed E-state index contributed by atoms with van der Waals surface area (Å²) in [6.07, 6.45) is 3.76. The van der Waals surface area contributed by atoms with E-state index in [-0.39, 0.29) is 34.6 Å². The van der Waals surface area contributed by atoms with Crippen molar-refractivity contribution in [3.05, 3.63) is 89.7 Å². The molecule has 1 aliphatic carbocycles. The van der Waals surface area contributed by atoms with Gasteiger partial charge < -0.3 is 15.0 Å². The summed E-state index contributed by atoms with van der Waals surface area (Å²) in [6, 6.07) is 17.8. The molecule has 0 radical (unpaired) electrons. The molecule has 3 aromatic carbocycles. The maximum atomic E-state index is 14.7. The van der Waals surface area contributed by atoms with Gasteiger partial charge in [0.1, 0.15) is 24.2 Å². The zero-order chi connectivity index (χ0) is 30.3. The minimum atomic E-state index is -4.20. The molecule has 0 saturated heterocycles. The lowest BCUT2D eigenvalue weighted by atomic mass is 10.1. The summed E-state index contributed by atoms with van der Waals surface area (Å²) < 4.78 is 49.1. The van der Waals surface area contributed by atoms with Crippen molar-refractivity contribution in [2.75, 3.05) is 17.5 Å². The fourth-order valence-electron chi connectivity index (χ4n) is 5.03. The molecule has 1 atom stereocenters. The number of carbonyl (C=O) groups is 2. The van der Waals surface area contributed by atoms with E-state index in [1.54, 1.807) is 61.5 Å². The van der Waals surface area contributed by atoms with Gasteiger partial charge in [-0.2, -0.15) is 0 Å². The summed E-state index contributed by atoms with van der Waals surface area (Å²) in [5.41, 5.74) is 1.36. The van der Waals surface area contributed by atoms with Crippen LogP contribution in [0.25, 0.3) is 0 Å². The number of halogens is 1. The van der Waals surface area contributed by atoms with Gasteiger partial charge in [-0.3, -0.25) is 13.9 Å². The molecule has 0 unspecified atom stereocenters. The predicted molar refractivity (Wildman–Crippen MR) is 160 cm³/mol. The average molecular weight is 596 g/mol. The Labute approximate surface area is 247 Å². The molecular weight excluding hydrogens is 557 g/mol. The van der Waals surface area contributed by atoms with Gasteiger partial charge in [0.05, 0.1) is 17.2 Å². The summed E-state index contributed by atoms with van der Waals surface area (Å²) in [4.78, 5) is 28.6. The molecule has 1 fully saturated rings. The topological polar surface area (TPSA) is 96.0 Å². The van der Waals surface area contributed by atoms with E-state index in [1.165, 1.54) is 23.1 Å². The van der Waals surface area contributed by atoms with Crippen LogP contribution < -0.4 is 14.4 Å². The molecule has 0 aromatic heterocycles. The lowest BCUT2D eigenvalue weighted by Crippen LogP contribution is -2.52. The van der Waals surface area contributed by atoms with E-state index in [0.717, 1.165) is 35.6 Å². The Balaban J connectivity index is 1.69. The van der Waals surface area contributed by atoms with Crippen molar-refractivity contribution in [3.63, 3.8) is 0 Å². The molecule has 2 amide bonds. The maximum absolute atomic E-state index is 14.7. The van der Waals surface area contributed by atoms with E-state index in [4.69, 9.17) is 4.74 Å². The van der Waals surface area contributed by atoms with Crippen LogP contribution in [0.5, 0.6) is 5.75 Å². The Bertz CT molecular complexity index is 1470. The van der Waals surface area contributed by atoms with Gasteiger partial charge in [0.15, 0.2) is 0 Å². The molecule has 8 nitrogen and oxygen atoms in total. The van der Waals surface area contributed by atoms with Crippen LogP contribution in [0.2, 0.25) is 0 Å². The third-order valence-corrected chi connectivity index (χ3v) is 9.28. The van der Waals surface area contributed by atoms with Crippen molar-refractivity contribution in [2.45, 2.75) is 70.0 Å². The van der Waals surface area contributed by atoms with Crippen LogP contribution in [0.1, 0.15) is 50.7 Å². The van der Waals surface area contributed by atoms with Crippen LogP contribution in [-0.2, 0) is 26.2 Å². The number of rotatable bonds is 12. The first-order chi connectivity index (χ1) is 20.1. The number of aryl methyl sites for hydroxylation is 1. The standard InChI is InChI=1S/C32H38FN3O5S/c1-4-41-28-17-15-27(16-18-28)36(42(39,40)29-19-13-23(2)14-20-29)22-31(37)35(21-25-9-5-8-12-30(25)33)24(3)32(38)34-26-10-6-7-11-26/h5,8-9,12-20,24,26H,4,6-7,10-11,21-22H2,1-3H3,(H,34,38)/t24-/m1/s1. The van der Waals surface area contributed by atoms with Crippen LogP contribution >= 0.6 is 0 Å². The quantitative estimate of drug-likeness (QED) is 0.310. The number of benzene rings is 3. The molecular formula is C32H38FN3O5S. The summed E-state index contributed by atoms with van der Waals surface area (Å²) >= 11 is 0. The largest absolute Gasteiger partial charge is 0.494 e. The third-order valence-electron chi connectivity index (χ3n) is 7.49. The molecule has 1 N–H and O–H groups in total. The number of hydrogen-bond acceptors (Lipinski definition) is 5. The zero-order valence-electron chi connectivity index (χ0n) is 24.3. The molecule has 1 saturated carbocycles. The van der Waals surface area contributed by atoms with E-state index in [1.807, 2.05) is 13.8 Å². The van der Waals surface area contributed by atoms with Crippen molar-refractivity contribution in [3.8, 4) is 5.75 Å². The van der Waals surface area contributed by atoms with Gasteiger partial charge in [0, 0.05) is 18.2 Å². The lowest BCUT2D eigenvalue weighted by Gasteiger charge is -2.32. The van der Waals surface area contributed by atoms with Gasteiger partial charge in [0.2, 0.25) is 11.8 Å². The van der Waals surface area contributed by atoms with Crippen molar-refractivity contribution in [1.82, 2.24) is 10.2 Å². The van der Waals surface area contributed by atoms with E-state index in [0.29, 0.717) is 12.4 Å². The average Bonchev–Trinajstić information content (AvgIpc) is 3.49. The molecule has 224 valence electrons. The molecule has 0 aliphatic heterocycles. The molecule has 4 rings (SSSR count). The zero-order valence-corrected chi connectivity index (χ0v) is 25.1. The maximum Gasteiger partial charge on any atom is 0.264 e.